The molecule has 32 heavy (non-hydrogen) atoms. The number of esters is 2. The summed E-state index contributed by atoms with van der Waals surface area (Å²) in [7, 11) is 2.41. The maximum Gasteiger partial charge on any atom is 0.320 e. The van der Waals surface area contributed by atoms with E-state index in [4.69, 9.17) is 9.47 Å². The molecule has 1 aliphatic heterocycles. The first-order valence-corrected chi connectivity index (χ1v) is 11.1. The van der Waals surface area contributed by atoms with Crippen LogP contribution < -0.4 is 0 Å². The van der Waals surface area contributed by atoms with Crippen LogP contribution in [0, 0.1) is 23.2 Å². The third kappa shape index (κ3) is 4.64. The summed E-state index contributed by atoms with van der Waals surface area (Å²) in [6, 6.07) is 9.85. The van der Waals surface area contributed by atoms with Crippen LogP contribution in [0.15, 0.2) is 35.5 Å². The summed E-state index contributed by atoms with van der Waals surface area (Å²) in [6.45, 7) is 1.18. The van der Waals surface area contributed by atoms with Gasteiger partial charge in [-0.15, -0.1) is 5.16 Å². The molecular formula is C24H32N2O6. The van der Waals surface area contributed by atoms with E-state index in [1.165, 1.54) is 20.4 Å². The van der Waals surface area contributed by atoms with Gasteiger partial charge in [-0.1, -0.05) is 43.2 Å². The zero-order valence-electron chi connectivity index (χ0n) is 18.7. The first kappa shape index (κ1) is 23.8. The first-order valence-electron chi connectivity index (χ1n) is 11.1. The average Bonchev–Trinajstić information content (AvgIpc) is 2.82. The van der Waals surface area contributed by atoms with Crippen LogP contribution in [0.4, 0.5) is 0 Å². The van der Waals surface area contributed by atoms with E-state index < -0.39 is 29.2 Å². The molecule has 3 atom stereocenters. The average molecular weight is 445 g/mol. The summed E-state index contributed by atoms with van der Waals surface area (Å²) < 4.78 is 9.76. The Morgan fingerprint density at radius 1 is 1.16 bits per heavy atom. The largest absolute Gasteiger partial charge is 0.468 e. The van der Waals surface area contributed by atoms with Gasteiger partial charge in [0.05, 0.1) is 19.6 Å². The Hall–Kier alpha value is -2.90. The number of benzene rings is 1. The highest BCUT2D eigenvalue weighted by Crippen LogP contribution is 2.52. The Morgan fingerprint density at radius 2 is 1.81 bits per heavy atom. The molecule has 1 saturated heterocycles. The van der Waals surface area contributed by atoms with Crippen LogP contribution >= 0.6 is 0 Å². The van der Waals surface area contributed by atoms with Gasteiger partial charge in [0.25, 0.3) is 0 Å². The number of carbonyl (C=O) groups is 3. The third-order valence-corrected chi connectivity index (χ3v) is 7.08. The number of amides is 1. The summed E-state index contributed by atoms with van der Waals surface area (Å²) in [5.41, 5.74) is 0.331. The molecule has 0 radical (unpaired) electrons. The molecular weight excluding hydrogens is 412 g/mol. The fourth-order valence-electron chi connectivity index (χ4n) is 5.63. The topological polar surface area (TPSA) is 106 Å². The number of piperidine rings is 1. The van der Waals surface area contributed by atoms with E-state index in [-0.39, 0.29) is 11.8 Å². The molecule has 2 aliphatic rings. The lowest BCUT2D eigenvalue weighted by Crippen LogP contribution is -2.56. The van der Waals surface area contributed by atoms with Crippen LogP contribution in [-0.4, -0.2) is 54.9 Å². The molecule has 1 spiro atoms. The number of methoxy groups -OCH3 is 2. The lowest BCUT2D eigenvalue weighted by molar-refractivity contribution is -0.167. The Kier molecular flexibility index (Phi) is 7.88. The molecule has 1 heterocycles. The summed E-state index contributed by atoms with van der Waals surface area (Å²) in [6.07, 6.45) is 5.79. The van der Waals surface area contributed by atoms with Crippen molar-refractivity contribution in [3.8, 4) is 0 Å². The number of hydrogen-bond acceptors (Lipinski definition) is 7. The molecule has 1 aromatic rings. The van der Waals surface area contributed by atoms with Gasteiger partial charge in [-0.3, -0.25) is 14.4 Å². The number of nitrogens with zero attached hydrogens (tertiary/aromatic N) is 2. The Balaban J connectivity index is 1.98. The molecule has 3 rings (SSSR count). The fourth-order valence-corrected chi connectivity index (χ4v) is 5.63. The van der Waals surface area contributed by atoms with Gasteiger partial charge in [-0.25, -0.2) is 0 Å². The van der Waals surface area contributed by atoms with Gasteiger partial charge < -0.3 is 19.6 Å². The van der Waals surface area contributed by atoms with Crippen LogP contribution in [0.1, 0.15) is 44.1 Å². The number of rotatable bonds is 7. The lowest BCUT2D eigenvalue weighted by Gasteiger charge is -2.51. The standard InChI is InChI=1S/C24H32N2O6/c1-31-21(27)20(22(28)32-2)18(15-25-30)19-11-6-7-12-24(19)13-8-14-26(23(24)29)16-17-9-4-3-5-10-17/h3-5,9-10,15,18-20,30H,6-8,11-14,16H2,1-2H3/b25-15+/t18-,19-,24-/m1/s1. The van der Waals surface area contributed by atoms with Gasteiger partial charge in [0.15, 0.2) is 5.92 Å². The molecule has 2 fully saturated rings. The second-order valence-corrected chi connectivity index (χ2v) is 8.69. The highest BCUT2D eigenvalue weighted by atomic mass is 16.5. The van der Waals surface area contributed by atoms with E-state index in [9.17, 15) is 19.6 Å². The van der Waals surface area contributed by atoms with Crippen LogP contribution in [0.3, 0.4) is 0 Å². The second-order valence-electron chi connectivity index (χ2n) is 8.69. The van der Waals surface area contributed by atoms with Crippen LogP contribution in [0.5, 0.6) is 0 Å². The SMILES string of the molecule is COC(=O)C(C(=O)OC)[C@H](/C=N/O)[C@H]1CCCC[C@@]12CCCN(Cc1ccccc1)C2=O. The predicted octanol–water partition coefficient (Wildman–Crippen LogP) is 3.02. The minimum atomic E-state index is -1.29. The number of likely N-dealkylation sites (tertiary alicyclic amines) is 1. The van der Waals surface area contributed by atoms with E-state index in [1.54, 1.807) is 0 Å². The maximum atomic E-state index is 13.9. The number of carbonyl (C=O) groups excluding carboxylic acids is 3. The quantitative estimate of drug-likeness (QED) is 0.228. The van der Waals surface area contributed by atoms with Crippen molar-refractivity contribution in [2.24, 2.45) is 28.3 Å². The third-order valence-electron chi connectivity index (χ3n) is 7.08. The number of oxime groups is 1. The van der Waals surface area contributed by atoms with Gasteiger partial charge in [-0.2, -0.15) is 0 Å². The molecule has 1 aliphatic carbocycles. The molecule has 174 valence electrons. The van der Waals surface area contributed by atoms with Crippen molar-refractivity contribution >= 4 is 24.1 Å². The molecule has 1 N–H and O–H groups in total. The van der Waals surface area contributed by atoms with Gasteiger partial charge in [0.1, 0.15) is 0 Å². The predicted molar refractivity (Wildman–Crippen MR) is 117 cm³/mol. The fraction of sp³-hybridized carbons (Fsp3) is 0.583. The van der Waals surface area contributed by atoms with Crippen LogP contribution in [0.25, 0.3) is 0 Å². The Labute approximate surface area is 188 Å². The normalized spacial score (nSPS) is 24.7. The van der Waals surface area contributed by atoms with Crippen molar-refractivity contribution in [2.75, 3.05) is 20.8 Å². The van der Waals surface area contributed by atoms with Gasteiger partial charge in [0.2, 0.25) is 5.91 Å². The van der Waals surface area contributed by atoms with Gasteiger partial charge in [0, 0.05) is 25.2 Å². The summed E-state index contributed by atoms with van der Waals surface area (Å²) >= 11 is 0. The van der Waals surface area contributed by atoms with Crippen LogP contribution in [-0.2, 0) is 30.4 Å². The number of hydrogen-bond donors (Lipinski definition) is 1. The molecule has 0 bridgehead atoms. The van der Waals surface area contributed by atoms with E-state index in [0.717, 1.165) is 24.8 Å². The van der Waals surface area contributed by atoms with E-state index in [0.29, 0.717) is 32.4 Å². The Bertz CT molecular complexity index is 822. The monoisotopic (exact) mass is 444 g/mol. The summed E-state index contributed by atoms with van der Waals surface area (Å²) in [5, 5.41) is 12.6. The van der Waals surface area contributed by atoms with Crippen molar-refractivity contribution < 1.29 is 29.1 Å². The maximum absolute atomic E-state index is 13.9. The zero-order chi connectivity index (χ0) is 23.1. The summed E-state index contributed by atoms with van der Waals surface area (Å²) in [4.78, 5) is 40.9. The lowest BCUT2D eigenvalue weighted by atomic mass is 9.56. The minimum Gasteiger partial charge on any atom is -0.468 e. The molecule has 8 heteroatoms. The zero-order valence-corrected chi connectivity index (χ0v) is 18.7. The Morgan fingerprint density at radius 3 is 2.44 bits per heavy atom. The van der Waals surface area contributed by atoms with Crippen molar-refractivity contribution in [3.05, 3.63) is 35.9 Å². The summed E-state index contributed by atoms with van der Waals surface area (Å²) in [5.74, 6) is -3.92. The van der Waals surface area contributed by atoms with Crippen molar-refractivity contribution in [1.29, 1.82) is 0 Å². The van der Waals surface area contributed by atoms with Gasteiger partial charge in [-0.05, 0) is 37.2 Å². The first-order chi connectivity index (χ1) is 15.5. The van der Waals surface area contributed by atoms with Gasteiger partial charge >= 0.3 is 11.9 Å². The van der Waals surface area contributed by atoms with Crippen molar-refractivity contribution in [2.45, 2.75) is 45.1 Å². The molecule has 8 nitrogen and oxygen atoms in total. The second kappa shape index (κ2) is 10.6. The van der Waals surface area contributed by atoms with E-state index >= 15 is 0 Å². The highest BCUT2D eigenvalue weighted by Gasteiger charge is 2.55. The molecule has 1 saturated carbocycles. The van der Waals surface area contributed by atoms with Crippen molar-refractivity contribution in [1.82, 2.24) is 4.90 Å². The minimum absolute atomic E-state index is 0.0436. The molecule has 1 amide bonds. The van der Waals surface area contributed by atoms with Crippen LogP contribution in [0.2, 0.25) is 0 Å². The highest BCUT2D eigenvalue weighted by molar-refractivity contribution is 5.98. The molecule has 0 aromatic heterocycles. The van der Waals surface area contributed by atoms with Crippen molar-refractivity contribution in [3.63, 3.8) is 0 Å². The van der Waals surface area contributed by atoms with E-state index in [1.807, 2.05) is 35.2 Å². The molecule has 0 unspecified atom stereocenters. The van der Waals surface area contributed by atoms with E-state index in [2.05, 4.69) is 5.16 Å². The smallest absolute Gasteiger partial charge is 0.320 e. The number of ether oxygens (including phenoxy) is 2. The molecule has 1 aromatic carbocycles.